The first-order chi connectivity index (χ1) is 8.47. The molecule has 1 fully saturated rings. The number of rotatable bonds is 4. The number of carbonyl (C=O) groups excluding carboxylic acids is 2. The van der Waals surface area contributed by atoms with Gasteiger partial charge in [-0.1, -0.05) is 6.92 Å². The van der Waals surface area contributed by atoms with Crippen molar-refractivity contribution < 1.29 is 14.3 Å². The maximum Gasteiger partial charge on any atom is 0.245 e. The van der Waals surface area contributed by atoms with E-state index in [4.69, 9.17) is 10.5 Å². The van der Waals surface area contributed by atoms with Crippen molar-refractivity contribution >= 4 is 11.8 Å². The molecule has 1 saturated heterocycles. The molecule has 0 spiro atoms. The van der Waals surface area contributed by atoms with Gasteiger partial charge in [-0.15, -0.1) is 0 Å². The van der Waals surface area contributed by atoms with Crippen molar-refractivity contribution in [3.8, 4) is 0 Å². The Morgan fingerprint density at radius 2 is 2.17 bits per heavy atom. The van der Waals surface area contributed by atoms with Gasteiger partial charge in [0.05, 0.1) is 19.3 Å². The van der Waals surface area contributed by atoms with Crippen LogP contribution < -0.4 is 11.1 Å². The summed E-state index contributed by atoms with van der Waals surface area (Å²) in [7, 11) is 0. The standard InChI is InChI=1S/C12H23N3O3/c1-4-9(13)12(17)15-5-6-18-7-10(15)11(16)14-8(2)3/h8-10H,4-7,13H2,1-3H3,(H,14,16)/t9-,10?/m0/s1. The van der Waals surface area contributed by atoms with Crippen LogP contribution in [0.5, 0.6) is 0 Å². The van der Waals surface area contributed by atoms with E-state index in [-0.39, 0.29) is 24.5 Å². The Morgan fingerprint density at radius 1 is 1.50 bits per heavy atom. The molecule has 1 aliphatic rings. The molecule has 1 aliphatic heterocycles. The minimum absolute atomic E-state index is 0.0382. The van der Waals surface area contributed by atoms with Gasteiger partial charge in [0.15, 0.2) is 0 Å². The van der Waals surface area contributed by atoms with Crippen LogP contribution in [0.1, 0.15) is 27.2 Å². The Hall–Kier alpha value is -1.14. The number of ether oxygens (including phenoxy) is 1. The third kappa shape index (κ3) is 3.68. The zero-order valence-corrected chi connectivity index (χ0v) is 11.3. The van der Waals surface area contributed by atoms with E-state index in [0.29, 0.717) is 19.6 Å². The number of hydrogen-bond acceptors (Lipinski definition) is 4. The highest BCUT2D eigenvalue weighted by Gasteiger charge is 2.34. The summed E-state index contributed by atoms with van der Waals surface area (Å²) in [6.45, 7) is 6.72. The molecule has 1 heterocycles. The highest BCUT2D eigenvalue weighted by molar-refractivity contribution is 5.90. The summed E-state index contributed by atoms with van der Waals surface area (Å²) in [6, 6.07) is -1.07. The predicted octanol–water partition coefficient (Wildman–Crippen LogP) is -0.524. The maximum atomic E-state index is 12.1. The van der Waals surface area contributed by atoms with Gasteiger partial charge in [-0.05, 0) is 20.3 Å². The molecular weight excluding hydrogens is 234 g/mol. The highest BCUT2D eigenvalue weighted by Crippen LogP contribution is 2.10. The Kier molecular flexibility index (Phi) is 5.55. The molecular formula is C12H23N3O3. The summed E-state index contributed by atoms with van der Waals surface area (Å²) in [5.41, 5.74) is 5.75. The quantitative estimate of drug-likeness (QED) is 0.709. The fourth-order valence-electron chi connectivity index (χ4n) is 1.85. The summed E-state index contributed by atoms with van der Waals surface area (Å²) in [4.78, 5) is 25.6. The molecule has 0 bridgehead atoms. The zero-order chi connectivity index (χ0) is 13.7. The Balaban J connectivity index is 2.73. The van der Waals surface area contributed by atoms with Gasteiger partial charge in [-0.2, -0.15) is 0 Å². The van der Waals surface area contributed by atoms with Gasteiger partial charge in [-0.25, -0.2) is 0 Å². The minimum Gasteiger partial charge on any atom is -0.377 e. The van der Waals surface area contributed by atoms with Crippen LogP contribution in [0.2, 0.25) is 0 Å². The number of nitrogens with two attached hydrogens (primary N) is 1. The lowest BCUT2D eigenvalue weighted by Gasteiger charge is -2.36. The fourth-order valence-corrected chi connectivity index (χ4v) is 1.85. The molecule has 104 valence electrons. The van der Waals surface area contributed by atoms with E-state index in [1.807, 2.05) is 20.8 Å². The van der Waals surface area contributed by atoms with Gasteiger partial charge in [0.25, 0.3) is 0 Å². The van der Waals surface area contributed by atoms with E-state index in [0.717, 1.165) is 0 Å². The predicted molar refractivity (Wildman–Crippen MR) is 67.9 cm³/mol. The molecule has 1 rings (SSSR count). The largest absolute Gasteiger partial charge is 0.377 e. The molecule has 0 aromatic carbocycles. The molecule has 6 heteroatoms. The van der Waals surface area contributed by atoms with E-state index >= 15 is 0 Å². The van der Waals surface area contributed by atoms with Crippen molar-refractivity contribution in [3.05, 3.63) is 0 Å². The first kappa shape index (κ1) is 14.9. The second-order valence-electron chi connectivity index (χ2n) is 4.80. The van der Waals surface area contributed by atoms with Crippen molar-refractivity contribution in [2.75, 3.05) is 19.8 Å². The number of carbonyl (C=O) groups is 2. The van der Waals surface area contributed by atoms with E-state index in [9.17, 15) is 9.59 Å². The molecule has 6 nitrogen and oxygen atoms in total. The molecule has 1 unspecified atom stereocenters. The lowest BCUT2D eigenvalue weighted by molar-refractivity contribution is -0.149. The van der Waals surface area contributed by atoms with Crippen LogP contribution in [0.15, 0.2) is 0 Å². The second-order valence-corrected chi connectivity index (χ2v) is 4.80. The lowest BCUT2D eigenvalue weighted by atomic mass is 10.1. The summed E-state index contributed by atoms with van der Waals surface area (Å²) >= 11 is 0. The summed E-state index contributed by atoms with van der Waals surface area (Å²) in [6.07, 6.45) is 0.564. The molecule has 0 saturated carbocycles. The summed E-state index contributed by atoms with van der Waals surface area (Å²) in [5, 5.41) is 2.80. The number of nitrogens with zero attached hydrogens (tertiary/aromatic N) is 1. The summed E-state index contributed by atoms with van der Waals surface area (Å²) < 4.78 is 5.28. The van der Waals surface area contributed by atoms with Crippen LogP contribution in [0.4, 0.5) is 0 Å². The highest BCUT2D eigenvalue weighted by atomic mass is 16.5. The van der Waals surface area contributed by atoms with Crippen LogP contribution in [-0.2, 0) is 14.3 Å². The van der Waals surface area contributed by atoms with Gasteiger partial charge in [0.2, 0.25) is 11.8 Å². The third-order valence-electron chi connectivity index (χ3n) is 2.90. The Bertz CT molecular complexity index is 307. The molecule has 18 heavy (non-hydrogen) atoms. The van der Waals surface area contributed by atoms with E-state index in [1.165, 1.54) is 4.90 Å². The normalized spacial score (nSPS) is 21.8. The number of hydrogen-bond donors (Lipinski definition) is 2. The van der Waals surface area contributed by atoms with Crippen molar-refractivity contribution in [2.45, 2.75) is 45.3 Å². The first-order valence-corrected chi connectivity index (χ1v) is 6.41. The third-order valence-corrected chi connectivity index (χ3v) is 2.90. The van der Waals surface area contributed by atoms with Crippen LogP contribution in [-0.4, -0.2) is 54.6 Å². The van der Waals surface area contributed by atoms with Crippen molar-refractivity contribution in [1.82, 2.24) is 10.2 Å². The summed E-state index contributed by atoms with van der Waals surface area (Å²) in [5.74, 6) is -0.356. The monoisotopic (exact) mass is 257 g/mol. The smallest absolute Gasteiger partial charge is 0.245 e. The Morgan fingerprint density at radius 3 is 2.72 bits per heavy atom. The van der Waals surface area contributed by atoms with E-state index in [1.54, 1.807) is 0 Å². The first-order valence-electron chi connectivity index (χ1n) is 6.41. The van der Waals surface area contributed by atoms with Crippen molar-refractivity contribution in [1.29, 1.82) is 0 Å². The van der Waals surface area contributed by atoms with Gasteiger partial charge >= 0.3 is 0 Å². The molecule has 0 aromatic rings. The fraction of sp³-hybridized carbons (Fsp3) is 0.833. The molecule has 2 atom stereocenters. The van der Waals surface area contributed by atoms with Crippen molar-refractivity contribution in [3.63, 3.8) is 0 Å². The van der Waals surface area contributed by atoms with Crippen LogP contribution in [0, 0.1) is 0 Å². The maximum absolute atomic E-state index is 12.1. The number of nitrogens with one attached hydrogen (secondary N) is 1. The zero-order valence-electron chi connectivity index (χ0n) is 11.3. The van der Waals surface area contributed by atoms with Gasteiger partial charge in [-0.3, -0.25) is 9.59 Å². The SMILES string of the molecule is CC[C@H](N)C(=O)N1CCOCC1C(=O)NC(C)C. The van der Waals surface area contributed by atoms with Gasteiger partial charge in [0, 0.05) is 12.6 Å². The minimum atomic E-state index is -0.564. The average molecular weight is 257 g/mol. The topological polar surface area (TPSA) is 84.7 Å². The molecule has 2 amide bonds. The van der Waals surface area contributed by atoms with Gasteiger partial charge < -0.3 is 20.7 Å². The average Bonchev–Trinajstić information content (AvgIpc) is 2.36. The number of amides is 2. The number of morpholine rings is 1. The van der Waals surface area contributed by atoms with Crippen molar-refractivity contribution in [2.24, 2.45) is 5.73 Å². The second kappa shape index (κ2) is 6.70. The van der Waals surface area contributed by atoms with E-state index < -0.39 is 12.1 Å². The van der Waals surface area contributed by atoms with Crippen LogP contribution in [0.25, 0.3) is 0 Å². The molecule has 0 aromatic heterocycles. The van der Waals surface area contributed by atoms with Gasteiger partial charge in [0.1, 0.15) is 6.04 Å². The molecule has 3 N–H and O–H groups in total. The van der Waals surface area contributed by atoms with E-state index in [2.05, 4.69) is 5.32 Å². The van der Waals surface area contributed by atoms with Crippen LogP contribution in [0.3, 0.4) is 0 Å². The molecule has 0 aliphatic carbocycles. The lowest BCUT2D eigenvalue weighted by Crippen LogP contribution is -2.59. The van der Waals surface area contributed by atoms with Crippen LogP contribution >= 0.6 is 0 Å². The Labute approximate surface area is 108 Å². The molecule has 0 radical (unpaired) electrons.